The van der Waals surface area contributed by atoms with E-state index in [1.165, 1.54) is 7.11 Å². The van der Waals surface area contributed by atoms with Gasteiger partial charge in [-0.2, -0.15) is 0 Å². The molecule has 4 nitrogen and oxygen atoms in total. The molecule has 0 saturated carbocycles. The molecule has 3 aromatic rings. The molecular weight excluding hydrogens is 338 g/mol. The Labute approximate surface area is 151 Å². The fourth-order valence-electron chi connectivity index (χ4n) is 2.29. The van der Waals surface area contributed by atoms with Gasteiger partial charge in [0, 0.05) is 10.7 Å². The van der Waals surface area contributed by atoms with Crippen LogP contribution in [-0.2, 0) is 0 Å². The third-order valence-electron chi connectivity index (χ3n) is 3.50. The number of carbonyl (C=O) groups is 1. The lowest BCUT2D eigenvalue weighted by molar-refractivity contribution is 0.102. The highest BCUT2D eigenvalue weighted by Crippen LogP contribution is 2.25. The number of hydrogen-bond donors (Lipinski definition) is 1. The predicted octanol–water partition coefficient (Wildman–Crippen LogP) is 5.39. The highest BCUT2D eigenvalue weighted by molar-refractivity contribution is 6.31. The summed E-state index contributed by atoms with van der Waals surface area (Å²) < 4.78 is 10.9. The van der Waals surface area contributed by atoms with Gasteiger partial charge in [0.25, 0.3) is 5.91 Å². The lowest BCUT2D eigenvalue weighted by atomic mass is 10.2. The van der Waals surface area contributed by atoms with Crippen molar-refractivity contribution < 1.29 is 14.3 Å². The number of nitrogens with one attached hydrogen (secondary N) is 1. The second kappa shape index (κ2) is 7.73. The van der Waals surface area contributed by atoms with Crippen LogP contribution in [0.5, 0.6) is 17.2 Å². The van der Waals surface area contributed by atoms with Gasteiger partial charge in [-0.1, -0.05) is 29.8 Å². The van der Waals surface area contributed by atoms with Crippen molar-refractivity contribution >= 4 is 23.2 Å². The van der Waals surface area contributed by atoms with Gasteiger partial charge in [-0.25, -0.2) is 0 Å². The highest BCUT2D eigenvalue weighted by atomic mass is 35.5. The second-order valence-electron chi connectivity index (χ2n) is 5.24. The van der Waals surface area contributed by atoms with Crippen LogP contribution < -0.4 is 14.8 Å². The first kappa shape index (κ1) is 16.9. The van der Waals surface area contributed by atoms with Crippen molar-refractivity contribution in [2.75, 3.05) is 12.4 Å². The number of methoxy groups -OCH3 is 1. The number of ether oxygens (including phenoxy) is 2. The van der Waals surface area contributed by atoms with Gasteiger partial charge in [-0.3, -0.25) is 4.79 Å². The Bertz CT molecular complexity index is 864. The Morgan fingerprint density at radius 1 is 0.920 bits per heavy atom. The summed E-state index contributed by atoms with van der Waals surface area (Å²) in [6.07, 6.45) is 0. The van der Waals surface area contributed by atoms with Gasteiger partial charge in [-0.05, 0) is 54.6 Å². The Morgan fingerprint density at radius 2 is 1.60 bits per heavy atom. The van der Waals surface area contributed by atoms with Crippen LogP contribution in [0.2, 0.25) is 5.02 Å². The average molecular weight is 354 g/mol. The van der Waals surface area contributed by atoms with Gasteiger partial charge in [0.05, 0.1) is 12.7 Å². The molecule has 0 aromatic heterocycles. The molecule has 0 spiro atoms. The minimum atomic E-state index is -0.295. The topological polar surface area (TPSA) is 47.6 Å². The maximum Gasteiger partial charge on any atom is 0.259 e. The van der Waals surface area contributed by atoms with E-state index in [0.717, 1.165) is 5.75 Å². The van der Waals surface area contributed by atoms with Gasteiger partial charge in [0.1, 0.15) is 17.2 Å². The first-order valence-corrected chi connectivity index (χ1v) is 8.01. The van der Waals surface area contributed by atoms with Gasteiger partial charge in [-0.15, -0.1) is 0 Å². The molecule has 0 unspecified atom stereocenters. The molecule has 0 aliphatic heterocycles. The fraction of sp³-hybridized carbons (Fsp3) is 0.0500. The van der Waals surface area contributed by atoms with Gasteiger partial charge < -0.3 is 14.8 Å². The molecule has 25 heavy (non-hydrogen) atoms. The molecule has 0 saturated heterocycles. The van der Waals surface area contributed by atoms with E-state index in [0.29, 0.717) is 27.8 Å². The van der Waals surface area contributed by atoms with Crippen LogP contribution in [0, 0.1) is 0 Å². The van der Waals surface area contributed by atoms with E-state index in [2.05, 4.69) is 5.32 Å². The minimum Gasteiger partial charge on any atom is -0.496 e. The second-order valence-corrected chi connectivity index (χ2v) is 5.67. The fourth-order valence-corrected chi connectivity index (χ4v) is 2.46. The Kier molecular flexibility index (Phi) is 5.21. The minimum absolute atomic E-state index is 0.295. The standard InChI is InChI=1S/C20H16ClNO3/c1-24-19-12-7-14(21)13-18(19)20(23)22-15-8-10-17(11-9-15)25-16-5-3-2-4-6-16/h2-13H,1H3,(H,22,23). The SMILES string of the molecule is COc1ccc(Cl)cc1C(=O)Nc1ccc(Oc2ccccc2)cc1. The van der Waals surface area contributed by atoms with Crippen molar-refractivity contribution in [1.82, 2.24) is 0 Å². The first-order chi connectivity index (χ1) is 12.2. The van der Waals surface area contributed by atoms with E-state index in [4.69, 9.17) is 21.1 Å². The largest absolute Gasteiger partial charge is 0.496 e. The molecule has 3 aromatic carbocycles. The zero-order chi connectivity index (χ0) is 17.6. The molecule has 0 aliphatic rings. The Balaban J connectivity index is 1.71. The molecule has 3 rings (SSSR count). The Hall–Kier alpha value is -2.98. The molecule has 1 amide bonds. The van der Waals surface area contributed by atoms with Crippen molar-refractivity contribution in [1.29, 1.82) is 0 Å². The predicted molar refractivity (Wildman–Crippen MR) is 98.9 cm³/mol. The lowest BCUT2D eigenvalue weighted by Gasteiger charge is -2.10. The normalized spacial score (nSPS) is 10.2. The van der Waals surface area contributed by atoms with E-state index < -0.39 is 0 Å². The van der Waals surface area contributed by atoms with Crippen LogP contribution in [-0.4, -0.2) is 13.0 Å². The van der Waals surface area contributed by atoms with Crippen molar-refractivity contribution in [2.45, 2.75) is 0 Å². The maximum absolute atomic E-state index is 12.4. The molecule has 1 N–H and O–H groups in total. The molecular formula is C20H16ClNO3. The number of anilines is 1. The molecule has 0 heterocycles. The Morgan fingerprint density at radius 3 is 2.28 bits per heavy atom. The monoisotopic (exact) mass is 353 g/mol. The van der Waals surface area contributed by atoms with Crippen LogP contribution in [0.25, 0.3) is 0 Å². The molecule has 126 valence electrons. The molecule has 0 bridgehead atoms. The van der Waals surface area contributed by atoms with Crippen molar-refractivity contribution in [2.24, 2.45) is 0 Å². The van der Waals surface area contributed by atoms with Crippen LogP contribution >= 0.6 is 11.6 Å². The highest BCUT2D eigenvalue weighted by Gasteiger charge is 2.13. The van der Waals surface area contributed by atoms with Gasteiger partial charge >= 0.3 is 0 Å². The molecule has 5 heteroatoms. The van der Waals surface area contributed by atoms with Crippen LogP contribution in [0.1, 0.15) is 10.4 Å². The summed E-state index contributed by atoms with van der Waals surface area (Å²) in [5, 5.41) is 3.29. The number of benzene rings is 3. The quantitative estimate of drug-likeness (QED) is 0.668. The van der Waals surface area contributed by atoms with E-state index >= 15 is 0 Å². The van der Waals surface area contributed by atoms with Gasteiger partial charge in [0.15, 0.2) is 0 Å². The van der Waals surface area contributed by atoms with Crippen molar-refractivity contribution in [3.63, 3.8) is 0 Å². The lowest BCUT2D eigenvalue weighted by Crippen LogP contribution is -2.13. The number of rotatable bonds is 5. The number of carbonyl (C=O) groups excluding carboxylic acids is 1. The van der Waals surface area contributed by atoms with Gasteiger partial charge in [0.2, 0.25) is 0 Å². The summed E-state index contributed by atoms with van der Waals surface area (Å²) in [6, 6.07) is 21.5. The number of amides is 1. The molecule has 0 fully saturated rings. The molecule has 0 atom stereocenters. The van der Waals surface area contributed by atoms with Crippen molar-refractivity contribution in [3.05, 3.63) is 83.4 Å². The number of hydrogen-bond acceptors (Lipinski definition) is 3. The summed E-state index contributed by atoms with van der Waals surface area (Å²) in [4.78, 5) is 12.4. The van der Waals surface area contributed by atoms with E-state index in [-0.39, 0.29) is 5.91 Å². The zero-order valence-electron chi connectivity index (χ0n) is 13.5. The summed E-state index contributed by atoms with van der Waals surface area (Å²) >= 11 is 5.97. The maximum atomic E-state index is 12.4. The van der Waals surface area contributed by atoms with Crippen LogP contribution in [0.15, 0.2) is 72.8 Å². The number of halogens is 1. The smallest absolute Gasteiger partial charge is 0.259 e. The summed E-state index contributed by atoms with van der Waals surface area (Å²) in [5.41, 5.74) is 1.02. The van der Waals surface area contributed by atoms with Crippen LogP contribution in [0.4, 0.5) is 5.69 Å². The van der Waals surface area contributed by atoms with Crippen LogP contribution in [0.3, 0.4) is 0 Å². The molecule has 0 radical (unpaired) electrons. The zero-order valence-corrected chi connectivity index (χ0v) is 14.3. The third kappa shape index (κ3) is 4.31. The van der Waals surface area contributed by atoms with E-state index in [9.17, 15) is 4.79 Å². The summed E-state index contributed by atoms with van der Waals surface area (Å²) in [7, 11) is 1.51. The first-order valence-electron chi connectivity index (χ1n) is 7.63. The van der Waals surface area contributed by atoms with Crippen molar-refractivity contribution in [3.8, 4) is 17.2 Å². The third-order valence-corrected chi connectivity index (χ3v) is 3.73. The summed E-state index contributed by atoms with van der Waals surface area (Å²) in [6.45, 7) is 0. The molecule has 0 aliphatic carbocycles. The summed E-state index contributed by atoms with van der Waals surface area (Å²) in [5.74, 6) is 1.61. The number of para-hydroxylation sites is 1. The van der Waals surface area contributed by atoms with E-state index in [1.807, 2.05) is 30.3 Å². The van der Waals surface area contributed by atoms with E-state index in [1.54, 1.807) is 42.5 Å². The average Bonchev–Trinajstić information content (AvgIpc) is 2.64.